The number of benzene rings is 4. The molecule has 0 nitrogen and oxygen atoms in total. The van der Waals surface area contributed by atoms with Gasteiger partial charge in [-0.25, -0.2) is 0 Å². The number of hydrogen-bond donors (Lipinski definition) is 0. The maximum absolute atomic E-state index is 2.71. The van der Waals surface area contributed by atoms with Crippen molar-refractivity contribution >= 4 is 35.3 Å². The van der Waals surface area contributed by atoms with Crippen LogP contribution in [0.4, 0.5) is 0 Å². The molecule has 1 heterocycles. The third kappa shape index (κ3) is 6.45. The molecule has 1 atom stereocenters. The summed E-state index contributed by atoms with van der Waals surface area (Å²) in [5.74, 6) is 3.94. The average molecular weight is 900 g/mol. The van der Waals surface area contributed by atoms with Crippen molar-refractivity contribution < 1.29 is 51.0 Å². The second-order valence-electron chi connectivity index (χ2n) is 21.0. The fourth-order valence-electron chi connectivity index (χ4n) is 14.3. The van der Waals surface area contributed by atoms with Crippen LogP contribution in [0.25, 0.3) is 39.1 Å². The predicted octanol–water partition coefficient (Wildman–Crippen LogP) is 7.47. The summed E-state index contributed by atoms with van der Waals surface area (Å²) in [6.45, 7) is 14.8. The van der Waals surface area contributed by atoms with Gasteiger partial charge in [-0.1, -0.05) is 155 Å². The summed E-state index contributed by atoms with van der Waals surface area (Å²) < 4.78 is 0. The minimum Gasteiger partial charge on any atom is -1.00 e. The monoisotopic (exact) mass is 897 g/mol. The molecular weight excluding hydrogens is 839 g/mol. The van der Waals surface area contributed by atoms with Crippen LogP contribution in [0.15, 0.2) is 84.4 Å². The molecule has 5 aromatic rings. The molecule has 5 fully saturated rings. The first kappa shape index (κ1) is 42.6. The van der Waals surface area contributed by atoms with Crippen molar-refractivity contribution in [3.63, 3.8) is 0 Å². The van der Waals surface area contributed by atoms with Gasteiger partial charge < -0.3 is 24.8 Å². The van der Waals surface area contributed by atoms with Gasteiger partial charge in [0.15, 0.2) is 0 Å². The number of allylic oxidation sites excluding steroid dienone is 1. The smallest absolute Gasteiger partial charge is 1.00 e. The van der Waals surface area contributed by atoms with E-state index < -0.39 is 8.07 Å². The third-order valence-corrected chi connectivity index (χ3v) is 19.9. The van der Waals surface area contributed by atoms with E-state index in [-0.39, 0.29) is 56.4 Å². The van der Waals surface area contributed by atoms with E-state index in [1.807, 2.05) is 0 Å². The number of rotatable bonds is 6. The van der Waals surface area contributed by atoms with Gasteiger partial charge in [0, 0.05) is 5.92 Å². The van der Waals surface area contributed by atoms with E-state index >= 15 is 0 Å². The molecule has 58 heavy (non-hydrogen) atoms. The Labute approximate surface area is 381 Å². The average Bonchev–Trinajstić information content (AvgIpc) is 3.81. The van der Waals surface area contributed by atoms with E-state index in [1.165, 1.54) is 104 Å². The number of fused-ring (bicyclic) bond motifs is 2. The summed E-state index contributed by atoms with van der Waals surface area (Å²) in [7, 11) is -2.02. The Bertz CT molecular complexity index is 2350. The quantitative estimate of drug-likeness (QED) is 0.123. The van der Waals surface area contributed by atoms with Crippen molar-refractivity contribution in [2.45, 2.75) is 135 Å². The molecule has 0 N–H and O–H groups in total. The van der Waals surface area contributed by atoms with Crippen LogP contribution in [0.5, 0.6) is 0 Å². The Morgan fingerprint density at radius 2 is 1.36 bits per heavy atom. The van der Waals surface area contributed by atoms with Crippen LogP contribution < -0.4 is 35.2 Å². The van der Waals surface area contributed by atoms with Gasteiger partial charge in [0.2, 0.25) is 0 Å². The molecule has 1 radical (unpaired) electrons. The Morgan fingerprint density at radius 1 is 0.741 bits per heavy atom. The van der Waals surface area contributed by atoms with Gasteiger partial charge in [0.1, 0.15) is 0 Å². The zero-order valence-corrected chi connectivity index (χ0v) is 40.7. The molecule has 12 rings (SSSR count). The minimum absolute atomic E-state index is 0. The van der Waals surface area contributed by atoms with Gasteiger partial charge in [-0.2, -0.15) is 0 Å². The first-order chi connectivity index (χ1) is 26.5. The van der Waals surface area contributed by atoms with E-state index in [4.69, 9.17) is 0 Å². The Morgan fingerprint density at radius 3 is 1.97 bits per heavy atom. The van der Waals surface area contributed by atoms with Crippen molar-refractivity contribution in [2.24, 2.45) is 23.7 Å². The molecule has 0 amide bonds. The molecule has 6 bridgehead atoms. The van der Waals surface area contributed by atoms with Crippen molar-refractivity contribution in [1.82, 2.24) is 0 Å². The molecule has 0 spiro atoms. The molecule has 7 aliphatic rings. The van der Waals surface area contributed by atoms with Crippen molar-refractivity contribution in [3.05, 3.63) is 118 Å². The number of halogens is 2. The summed E-state index contributed by atoms with van der Waals surface area (Å²) in [5.41, 5.74) is 17.5. The first-order valence-electron chi connectivity index (χ1n) is 22.4. The van der Waals surface area contributed by atoms with Gasteiger partial charge >= 0.3 is 26.2 Å². The summed E-state index contributed by atoms with van der Waals surface area (Å²) in [4.78, 5) is 0. The summed E-state index contributed by atoms with van der Waals surface area (Å²) >= 11 is 0. The number of hydrogen-bond acceptors (Lipinski definition) is 0. The van der Waals surface area contributed by atoms with Crippen LogP contribution in [-0.4, -0.2) is 8.07 Å². The van der Waals surface area contributed by atoms with Gasteiger partial charge in [-0.15, -0.1) is 33.7 Å². The second kappa shape index (κ2) is 15.4. The van der Waals surface area contributed by atoms with Crippen LogP contribution >= 0.6 is 0 Å². The third-order valence-electron chi connectivity index (χ3n) is 16.3. The molecule has 299 valence electrons. The van der Waals surface area contributed by atoms with E-state index in [0.717, 1.165) is 24.2 Å². The molecule has 1 unspecified atom stereocenters. The fraction of sp³-hybridized carbons (Fsp3) is 0.463. The SMILES string of the molecule is CCc1[cH-]c2cc(C3C(C4CCCCC4)=Cc4c(-c5ccc(C(C)(C)C)cc5)cccc43)c3c(-c4ccc(C56CC7CC(CC(C7)C5)C6)cc4)c2c1[Si]3(C)C.[Cl-].[Cl-].[Zr+3]. The van der Waals surface area contributed by atoms with E-state index in [2.05, 4.69) is 126 Å². The van der Waals surface area contributed by atoms with Gasteiger partial charge in [0.25, 0.3) is 0 Å². The zero-order valence-electron chi connectivity index (χ0n) is 35.7. The van der Waals surface area contributed by atoms with Crippen LogP contribution in [0.3, 0.4) is 0 Å². The van der Waals surface area contributed by atoms with Gasteiger partial charge in [0.05, 0.1) is 8.07 Å². The second-order valence-corrected chi connectivity index (χ2v) is 25.3. The topological polar surface area (TPSA) is 0 Å². The van der Waals surface area contributed by atoms with Crippen LogP contribution in [0.2, 0.25) is 13.1 Å². The molecular formula is C54H61Cl2SiZr. The summed E-state index contributed by atoms with van der Waals surface area (Å²) in [6, 6.07) is 32.5. The van der Waals surface area contributed by atoms with Crippen LogP contribution in [0.1, 0.15) is 138 Å². The van der Waals surface area contributed by atoms with Crippen LogP contribution in [-0.2, 0) is 43.5 Å². The minimum atomic E-state index is -2.02. The van der Waals surface area contributed by atoms with Crippen molar-refractivity contribution in [2.75, 3.05) is 0 Å². The Kier molecular flexibility index (Phi) is 11.3. The molecule has 5 saturated carbocycles. The largest absolute Gasteiger partial charge is 3.00 e. The van der Waals surface area contributed by atoms with Gasteiger partial charge in [-0.3, -0.25) is 0 Å². The molecule has 0 aromatic heterocycles. The number of aryl methyl sites for hydroxylation is 1. The normalized spacial score (nSPS) is 26.3. The molecule has 4 heteroatoms. The fourth-order valence-corrected chi connectivity index (χ4v) is 18.3. The Hall–Kier alpha value is -2.09. The summed E-state index contributed by atoms with van der Waals surface area (Å²) in [5, 5.41) is 6.63. The zero-order chi connectivity index (χ0) is 37.4. The Balaban J connectivity index is 0.00000156. The standard InChI is InChI=1S/C54H61Si.2ClH.Zr/c1-7-36-27-40-28-47(50-44-15-11-14-43(38-16-20-41(21-17-38)53(2,3)4)46(44)29-45(50)37-12-9-8-10-13-37)52-48(49(40)51(36)55(52,5)6)39-18-22-42(23-19-39)54-30-33-24-34(31-54)26-35(25-33)32-54;;;/h11,14-23,27-29,33-35,37,50H,7-10,12-13,24-26,30-32H2,1-6H3;2*1H;/q-1;;;+3/p-2. The molecule has 1 aliphatic heterocycles. The molecule has 5 aromatic carbocycles. The van der Waals surface area contributed by atoms with E-state index in [0.29, 0.717) is 17.3 Å². The van der Waals surface area contributed by atoms with Crippen molar-refractivity contribution in [3.8, 4) is 22.3 Å². The maximum Gasteiger partial charge on any atom is 3.00 e. The van der Waals surface area contributed by atoms with Gasteiger partial charge in [-0.05, 0) is 131 Å². The summed E-state index contributed by atoms with van der Waals surface area (Å²) in [6.07, 6.45) is 19.5. The first-order valence-corrected chi connectivity index (χ1v) is 25.4. The maximum atomic E-state index is 2.71. The van der Waals surface area contributed by atoms with E-state index in [1.54, 1.807) is 49.2 Å². The molecule has 6 aliphatic carbocycles. The van der Waals surface area contributed by atoms with E-state index in [9.17, 15) is 0 Å². The molecule has 0 saturated heterocycles. The predicted molar refractivity (Wildman–Crippen MR) is 238 cm³/mol. The van der Waals surface area contributed by atoms with Crippen LogP contribution in [0, 0.1) is 23.7 Å². The van der Waals surface area contributed by atoms with Crippen molar-refractivity contribution in [1.29, 1.82) is 0 Å².